The second kappa shape index (κ2) is 7.36. The van der Waals surface area contributed by atoms with Gasteiger partial charge in [0.1, 0.15) is 5.82 Å². The van der Waals surface area contributed by atoms with Crippen LogP contribution >= 0.6 is 0 Å². The summed E-state index contributed by atoms with van der Waals surface area (Å²) in [6.45, 7) is 2.32. The molecule has 0 unspecified atom stereocenters. The third kappa shape index (κ3) is 3.78. The minimum absolute atomic E-state index is 0.310. The fourth-order valence-electron chi connectivity index (χ4n) is 3.42. The molecular formula is C20H21FN4O2. The van der Waals surface area contributed by atoms with Gasteiger partial charge in [-0.25, -0.2) is 9.37 Å². The zero-order valence-electron chi connectivity index (χ0n) is 14.8. The number of hydrogen-bond acceptors (Lipinski definition) is 4. The monoisotopic (exact) mass is 368 g/mol. The highest BCUT2D eigenvalue weighted by atomic mass is 19.1. The molecule has 0 saturated carbocycles. The van der Waals surface area contributed by atoms with Gasteiger partial charge in [-0.1, -0.05) is 0 Å². The molecule has 4 rings (SSSR count). The normalized spacial score (nSPS) is 15.1. The Morgan fingerprint density at radius 2 is 1.96 bits per heavy atom. The van der Waals surface area contributed by atoms with E-state index < -0.39 is 5.91 Å². The first-order chi connectivity index (χ1) is 13.1. The van der Waals surface area contributed by atoms with Gasteiger partial charge in [0.25, 0.3) is 0 Å². The van der Waals surface area contributed by atoms with Crippen LogP contribution in [0.3, 0.4) is 0 Å². The first-order valence-electron chi connectivity index (χ1n) is 9.00. The first-order valence-corrected chi connectivity index (χ1v) is 9.00. The van der Waals surface area contributed by atoms with E-state index in [-0.39, 0.29) is 5.82 Å². The lowest BCUT2D eigenvalue weighted by molar-refractivity contribution is 0.0617. The van der Waals surface area contributed by atoms with E-state index in [0.29, 0.717) is 22.9 Å². The molecule has 1 saturated heterocycles. The van der Waals surface area contributed by atoms with E-state index in [1.54, 1.807) is 30.3 Å². The maximum absolute atomic E-state index is 13.7. The summed E-state index contributed by atoms with van der Waals surface area (Å²) in [5.41, 5.74) is 8.01. The Labute approximate surface area is 156 Å². The Kier molecular flexibility index (Phi) is 4.77. The van der Waals surface area contributed by atoms with Gasteiger partial charge in [0, 0.05) is 37.1 Å². The molecule has 1 aliphatic heterocycles. The highest BCUT2D eigenvalue weighted by Crippen LogP contribution is 2.27. The number of anilines is 2. The van der Waals surface area contributed by atoms with Crippen LogP contribution in [0.5, 0.6) is 0 Å². The van der Waals surface area contributed by atoms with E-state index >= 15 is 0 Å². The van der Waals surface area contributed by atoms with Crippen LogP contribution in [0.4, 0.5) is 16.0 Å². The van der Waals surface area contributed by atoms with Crippen LogP contribution in [-0.4, -0.2) is 28.7 Å². The van der Waals surface area contributed by atoms with Gasteiger partial charge in [-0.2, -0.15) is 0 Å². The molecule has 0 spiro atoms. The Morgan fingerprint density at radius 1 is 1.22 bits per heavy atom. The van der Waals surface area contributed by atoms with Crippen molar-refractivity contribution in [1.82, 2.24) is 9.55 Å². The number of nitrogens with zero attached hydrogens (tertiary/aromatic N) is 2. The molecule has 2 heterocycles. The maximum atomic E-state index is 13.7. The Hall–Kier alpha value is -2.93. The summed E-state index contributed by atoms with van der Waals surface area (Å²) in [4.78, 5) is 15.8. The van der Waals surface area contributed by atoms with E-state index in [1.807, 2.05) is 0 Å². The number of halogens is 1. The molecule has 3 aromatic rings. The molecule has 1 fully saturated rings. The van der Waals surface area contributed by atoms with Crippen molar-refractivity contribution in [2.45, 2.75) is 19.4 Å². The summed E-state index contributed by atoms with van der Waals surface area (Å²) in [6.07, 6.45) is 1.99. The predicted molar refractivity (Wildman–Crippen MR) is 101 cm³/mol. The van der Waals surface area contributed by atoms with Crippen LogP contribution in [0.25, 0.3) is 11.0 Å². The van der Waals surface area contributed by atoms with Crippen LogP contribution in [-0.2, 0) is 11.3 Å². The summed E-state index contributed by atoms with van der Waals surface area (Å²) in [5.74, 6) is 0.354. The zero-order chi connectivity index (χ0) is 18.8. The van der Waals surface area contributed by atoms with Gasteiger partial charge in [0.2, 0.25) is 11.9 Å². The molecule has 1 aliphatic rings. The second-order valence-electron chi connectivity index (χ2n) is 6.80. The number of hydrogen-bond donors (Lipinski definition) is 2. The van der Waals surface area contributed by atoms with Crippen LogP contribution in [0.2, 0.25) is 0 Å². The number of nitrogens with one attached hydrogen (secondary N) is 1. The van der Waals surface area contributed by atoms with E-state index in [9.17, 15) is 9.18 Å². The second-order valence-corrected chi connectivity index (χ2v) is 6.80. The largest absolute Gasteiger partial charge is 0.381 e. The molecule has 0 radical (unpaired) electrons. The van der Waals surface area contributed by atoms with Crippen molar-refractivity contribution >= 4 is 28.6 Å². The third-order valence-electron chi connectivity index (χ3n) is 4.92. The van der Waals surface area contributed by atoms with E-state index in [1.165, 1.54) is 12.1 Å². The number of rotatable bonds is 5. The standard InChI is InChI=1S/C20H21FN4O2/c21-15-3-6-18-17(11-15)24-20(25(18)12-13-7-9-27-10-8-13)23-16-4-1-14(2-5-16)19(22)26/h1-6,11,13H,7-10,12H2,(H2,22,26)(H,23,24). The van der Waals surface area contributed by atoms with Gasteiger partial charge < -0.3 is 20.4 Å². The lowest BCUT2D eigenvalue weighted by Gasteiger charge is -2.23. The number of ether oxygens (including phenoxy) is 1. The van der Waals surface area contributed by atoms with Crippen molar-refractivity contribution in [2.24, 2.45) is 11.7 Å². The fourth-order valence-corrected chi connectivity index (χ4v) is 3.42. The minimum Gasteiger partial charge on any atom is -0.381 e. The van der Waals surface area contributed by atoms with Gasteiger partial charge in [-0.05, 0) is 55.2 Å². The maximum Gasteiger partial charge on any atom is 0.248 e. The number of fused-ring (bicyclic) bond motifs is 1. The summed E-state index contributed by atoms with van der Waals surface area (Å²) in [6, 6.07) is 11.5. The molecular weight excluding hydrogens is 347 g/mol. The summed E-state index contributed by atoms with van der Waals surface area (Å²) in [5, 5.41) is 3.28. The SMILES string of the molecule is NC(=O)c1ccc(Nc2nc3cc(F)ccc3n2CC2CCOCC2)cc1. The molecule has 6 nitrogen and oxygen atoms in total. The Balaban J connectivity index is 1.67. The smallest absolute Gasteiger partial charge is 0.248 e. The average Bonchev–Trinajstić information content (AvgIpc) is 2.99. The minimum atomic E-state index is -0.469. The molecule has 140 valence electrons. The quantitative estimate of drug-likeness (QED) is 0.723. The molecule has 3 N–H and O–H groups in total. The van der Waals surface area contributed by atoms with Crippen molar-refractivity contribution in [2.75, 3.05) is 18.5 Å². The number of carbonyl (C=O) groups excluding carboxylic acids is 1. The molecule has 0 bridgehead atoms. The predicted octanol–water partition coefficient (Wildman–Crippen LogP) is 3.44. The van der Waals surface area contributed by atoms with Crippen molar-refractivity contribution in [3.63, 3.8) is 0 Å². The van der Waals surface area contributed by atoms with Crippen molar-refractivity contribution < 1.29 is 13.9 Å². The fraction of sp³-hybridized carbons (Fsp3) is 0.300. The van der Waals surface area contributed by atoms with Crippen LogP contribution < -0.4 is 11.1 Å². The van der Waals surface area contributed by atoms with Gasteiger partial charge >= 0.3 is 0 Å². The average molecular weight is 368 g/mol. The molecule has 27 heavy (non-hydrogen) atoms. The summed E-state index contributed by atoms with van der Waals surface area (Å²) < 4.78 is 21.2. The lowest BCUT2D eigenvalue weighted by Crippen LogP contribution is -2.21. The number of carbonyl (C=O) groups is 1. The Bertz CT molecular complexity index is 962. The van der Waals surface area contributed by atoms with E-state index in [4.69, 9.17) is 10.5 Å². The van der Waals surface area contributed by atoms with Crippen LogP contribution in [0.1, 0.15) is 23.2 Å². The number of nitrogens with two attached hydrogens (primary N) is 1. The van der Waals surface area contributed by atoms with Crippen molar-refractivity contribution in [3.05, 3.63) is 53.8 Å². The molecule has 7 heteroatoms. The molecule has 1 amide bonds. The summed E-state index contributed by atoms with van der Waals surface area (Å²) >= 11 is 0. The lowest BCUT2D eigenvalue weighted by atomic mass is 10.0. The van der Waals surface area contributed by atoms with Gasteiger partial charge in [0.15, 0.2) is 0 Å². The first kappa shape index (κ1) is 17.5. The number of primary amides is 1. The van der Waals surface area contributed by atoms with E-state index in [2.05, 4.69) is 14.9 Å². The van der Waals surface area contributed by atoms with Crippen LogP contribution in [0, 0.1) is 11.7 Å². The topological polar surface area (TPSA) is 82.2 Å². The zero-order valence-corrected chi connectivity index (χ0v) is 14.8. The third-order valence-corrected chi connectivity index (χ3v) is 4.92. The molecule has 1 aromatic heterocycles. The van der Waals surface area contributed by atoms with Crippen LogP contribution in [0.15, 0.2) is 42.5 Å². The number of amides is 1. The van der Waals surface area contributed by atoms with Gasteiger partial charge in [-0.3, -0.25) is 4.79 Å². The van der Waals surface area contributed by atoms with Crippen molar-refractivity contribution in [1.29, 1.82) is 0 Å². The molecule has 0 atom stereocenters. The number of imidazole rings is 1. The molecule has 0 aliphatic carbocycles. The Morgan fingerprint density at radius 3 is 2.67 bits per heavy atom. The number of aromatic nitrogens is 2. The van der Waals surface area contributed by atoms with Gasteiger partial charge in [-0.15, -0.1) is 0 Å². The highest BCUT2D eigenvalue weighted by Gasteiger charge is 2.19. The number of benzene rings is 2. The summed E-state index contributed by atoms with van der Waals surface area (Å²) in [7, 11) is 0. The van der Waals surface area contributed by atoms with E-state index in [0.717, 1.165) is 43.8 Å². The molecule has 2 aromatic carbocycles. The van der Waals surface area contributed by atoms with Gasteiger partial charge in [0.05, 0.1) is 11.0 Å². The highest BCUT2D eigenvalue weighted by molar-refractivity contribution is 5.93. The van der Waals surface area contributed by atoms with Crippen molar-refractivity contribution in [3.8, 4) is 0 Å².